The summed E-state index contributed by atoms with van der Waals surface area (Å²) in [7, 11) is 0. The molecular formula is C12H8Br2N2. The van der Waals surface area contributed by atoms with Gasteiger partial charge in [0.2, 0.25) is 0 Å². The van der Waals surface area contributed by atoms with E-state index in [4.69, 9.17) is 0 Å². The Labute approximate surface area is 110 Å². The summed E-state index contributed by atoms with van der Waals surface area (Å²) in [5.41, 5.74) is 2.10. The molecule has 2 aromatic rings. The fourth-order valence-corrected chi connectivity index (χ4v) is 2.81. The molecule has 3 rings (SSSR count). The lowest BCUT2D eigenvalue weighted by Gasteiger charge is -2.19. The molecule has 0 amide bonds. The number of anilines is 1. The first kappa shape index (κ1) is 10.3. The number of amidine groups is 1. The zero-order valence-corrected chi connectivity index (χ0v) is 11.7. The van der Waals surface area contributed by atoms with E-state index in [-0.39, 0.29) is 0 Å². The quantitative estimate of drug-likeness (QED) is 0.729. The molecular weight excluding hydrogens is 332 g/mol. The molecule has 0 aromatic heterocycles. The molecule has 2 aromatic carbocycles. The molecule has 1 aliphatic heterocycles. The van der Waals surface area contributed by atoms with E-state index in [9.17, 15) is 0 Å². The maximum Gasteiger partial charge on any atom is 0.104 e. The number of nitrogens with one attached hydrogen (secondary N) is 1. The third kappa shape index (κ3) is 1.40. The van der Waals surface area contributed by atoms with Gasteiger partial charge >= 0.3 is 0 Å². The van der Waals surface area contributed by atoms with Crippen molar-refractivity contribution in [3.8, 4) is 0 Å². The maximum absolute atomic E-state index is 4.54. The Balaban J connectivity index is 2.54. The van der Waals surface area contributed by atoms with Crippen LogP contribution in [0.15, 0.2) is 38.2 Å². The molecule has 1 N–H and O–H groups in total. The van der Waals surface area contributed by atoms with Crippen LogP contribution >= 0.6 is 31.9 Å². The average molecular weight is 340 g/mol. The van der Waals surface area contributed by atoms with Gasteiger partial charge in [-0.15, -0.1) is 0 Å². The van der Waals surface area contributed by atoms with Crippen LogP contribution in [0.3, 0.4) is 0 Å². The van der Waals surface area contributed by atoms with Crippen LogP contribution < -0.4 is 5.32 Å². The van der Waals surface area contributed by atoms with Crippen LogP contribution in [0.2, 0.25) is 0 Å². The Kier molecular flexibility index (Phi) is 2.30. The van der Waals surface area contributed by atoms with Gasteiger partial charge < -0.3 is 5.32 Å². The minimum Gasteiger partial charge on any atom is -0.342 e. The second-order valence-corrected chi connectivity index (χ2v) is 5.45. The van der Waals surface area contributed by atoms with Crippen LogP contribution in [-0.4, -0.2) is 5.84 Å². The van der Waals surface area contributed by atoms with Crippen LogP contribution in [0.4, 0.5) is 11.4 Å². The first-order chi connectivity index (χ1) is 7.66. The number of aliphatic imine (C=N–C) groups is 1. The third-order valence-electron chi connectivity index (χ3n) is 2.64. The first-order valence-electron chi connectivity index (χ1n) is 4.90. The Morgan fingerprint density at radius 2 is 1.75 bits per heavy atom. The summed E-state index contributed by atoms with van der Waals surface area (Å²) in [6, 6.07) is 8.28. The lowest BCUT2D eigenvalue weighted by molar-refractivity contribution is 1.44. The van der Waals surface area contributed by atoms with E-state index in [1.807, 2.05) is 13.0 Å². The summed E-state index contributed by atoms with van der Waals surface area (Å²) >= 11 is 7.11. The smallest absolute Gasteiger partial charge is 0.104 e. The molecule has 0 bridgehead atoms. The zero-order valence-electron chi connectivity index (χ0n) is 8.51. The molecule has 80 valence electrons. The number of hydrogen-bond acceptors (Lipinski definition) is 2. The molecule has 16 heavy (non-hydrogen) atoms. The monoisotopic (exact) mass is 338 g/mol. The summed E-state index contributed by atoms with van der Waals surface area (Å²) < 4.78 is 2.09. The van der Waals surface area contributed by atoms with Crippen molar-refractivity contribution >= 4 is 59.8 Å². The summed E-state index contributed by atoms with van der Waals surface area (Å²) in [4.78, 5) is 4.54. The molecule has 0 fully saturated rings. The van der Waals surface area contributed by atoms with E-state index in [1.165, 1.54) is 5.39 Å². The van der Waals surface area contributed by atoms with Gasteiger partial charge in [0.05, 0.1) is 11.4 Å². The summed E-state index contributed by atoms with van der Waals surface area (Å²) in [5, 5.41) is 5.66. The van der Waals surface area contributed by atoms with Crippen LogP contribution in [0.1, 0.15) is 6.92 Å². The lowest BCUT2D eigenvalue weighted by atomic mass is 10.1. The molecule has 0 saturated heterocycles. The molecule has 0 unspecified atom stereocenters. The molecule has 1 aliphatic rings. The van der Waals surface area contributed by atoms with Crippen molar-refractivity contribution in [2.24, 2.45) is 4.99 Å². The standard InChI is InChI=1S/C12H8Br2N2/c1-6-15-11-8(13)4-2-7-3-5-9(14)12(16-6)10(7)11/h2-5H,1H3,(H,15,16). The van der Waals surface area contributed by atoms with E-state index < -0.39 is 0 Å². The number of rotatable bonds is 0. The zero-order chi connectivity index (χ0) is 11.3. The molecule has 4 heteroatoms. The van der Waals surface area contributed by atoms with Crippen LogP contribution in [0.25, 0.3) is 10.8 Å². The minimum atomic E-state index is 0.910. The first-order valence-corrected chi connectivity index (χ1v) is 6.48. The summed E-state index contributed by atoms with van der Waals surface area (Å²) in [5.74, 6) is 0.910. The highest BCUT2D eigenvalue weighted by atomic mass is 79.9. The highest BCUT2D eigenvalue weighted by Gasteiger charge is 2.16. The topological polar surface area (TPSA) is 24.4 Å². The molecule has 0 radical (unpaired) electrons. The minimum absolute atomic E-state index is 0.910. The predicted octanol–water partition coefficient (Wildman–Crippen LogP) is 4.84. The van der Waals surface area contributed by atoms with Gasteiger partial charge in [0, 0.05) is 14.3 Å². The summed E-state index contributed by atoms with van der Waals surface area (Å²) in [6.45, 7) is 1.97. The van der Waals surface area contributed by atoms with Gasteiger partial charge in [-0.3, -0.25) is 0 Å². The molecule has 0 spiro atoms. The largest absolute Gasteiger partial charge is 0.342 e. The van der Waals surface area contributed by atoms with Crippen molar-refractivity contribution in [2.75, 3.05) is 5.32 Å². The number of benzene rings is 2. The Morgan fingerprint density at radius 3 is 2.50 bits per heavy atom. The highest BCUT2D eigenvalue weighted by Crippen LogP contribution is 2.43. The van der Waals surface area contributed by atoms with E-state index in [0.717, 1.165) is 31.5 Å². The number of halogens is 2. The van der Waals surface area contributed by atoms with Crippen LogP contribution in [0, 0.1) is 0 Å². The Bertz CT molecular complexity index is 627. The van der Waals surface area contributed by atoms with Gasteiger partial charge in [-0.2, -0.15) is 0 Å². The van der Waals surface area contributed by atoms with Crippen molar-refractivity contribution < 1.29 is 0 Å². The van der Waals surface area contributed by atoms with Gasteiger partial charge in [0.1, 0.15) is 5.84 Å². The molecule has 0 aliphatic carbocycles. The lowest BCUT2D eigenvalue weighted by Crippen LogP contribution is -2.11. The van der Waals surface area contributed by atoms with Crippen molar-refractivity contribution in [2.45, 2.75) is 6.92 Å². The van der Waals surface area contributed by atoms with Gasteiger partial charge in [0.15, 0.2) is 0 Å². The maximum atomic E-state index is 4.54. The van der Waals surface area contributed by atoms with Crippen LogP contribution in [0.5, 0.6) is 0 Å². The number of hydrogen-bond donors (Lipinski definition) is 1. The summed E-state index contributed by atoms with van der Waals surface area (Å²) in [6.07, 6.45) is 0. The normalized spacial score (nSPS) is 13.6. The Hall–Kier alpha value is -0.870. The number of nitrogens with zero attached hydrogens (tertiary/aromatic N) is 1. The van der Waals surface area contributed by atoms with E-state index in [0.29, 0.717) is 0 Å². The molecule has 0 atom stereocenters. The van der Waals surface area contributed by atoms with Gasteiger partial charge in [0.25, 0.3) is 0 Å². The van der Waals surface area contributed by atoms with Gasteiger partial charge in [-0.1, -0.05) is 12.1 Å². The van der Waals surface area contributed by atoms with Gasteiger partial charge in [-0.05, 0) is 56.3 Å². The van der Waals surface area contributed by atoms with Crippen molar-refractivity contribution in [3.05, 3.63) is 33.2 Å². The molecule has 2 nitrogen and oxygen atoms in total. The van der Waals surface area contributed by atoms with Gasteiger partial charge in [-0.25, -0.2) is 4.99 Å². The van der Waals surface area contributed by atoms with Crippen molar-refractivity contribution in [1.29, 1.82) is 0 Å². The second-order valence-electron chi connectivity index (χ2n) is 3.74. The van der Waals surface area contributed by atoms with E-state index in [1.54, 1.807) is 0 Å². The fourth-order valence-electron chi connectivity index (χ4n) is 1.96. The SMILES string of the molecule is CC1=Nc2c(Br)ccc3ccc(Br)c(c23)N1. The predicted molar refractivity (Wildman–Crippen MR) is 75.7 cm³/mol. The fraction of sp³-hybridized carbons (Fsp3) is 0.0833. The molecule has 0 saturated carbocycles. The van der Waals surface area contributed by atoms with Crippen molar-refractivity contribution in [3.63, 3.8) is 0 Å². The molecule has 1 heterocycles. The van der Waals surface area contributed by atoms with E-state index >= 15 is 0 Å². The Morgan fingerprint density at radius 1 is 1.06 bits per heavy atom. The second kappa shape index (κ2) is 3.57. The van der Waals surface area contributed by atoms with Crippen LogP contribution in [-0.2, 0) is 0 Å². The van der Waals surface area contributed by atoms with E-state index in [2.05, 4.69) is 60.4 Å². The highest BCUT2D eigenvalue weighted by molar-refractivity contribution is 9.11. The van der Waals surface area contributed by atoms with Crippen molar-refractivity contribution in [1.82, 2.24) is 0 Å². The third-order valence-corrected chi connectivity index (χ3v) is 3.95. The average Bonchev–Trinajstić information content (AvgIpc) is 2.27.